The highest BCUT2D eigenvalue weighted by atomic mass is 19.1. The van der Waals surface area contributed by atoms with E-state index < -0.39 is 11.8 Å². The average Bonchev–Trinajstić information content (AvgIpc) is 3.42. The number of nitrogens with one attached hydrogen (secondary N) is 1. The summed E-state index contributed by atoms with van der Waals surface area (Å²) in [6.45, 7) is 0.518. The van der Waals surface area contributed by atoms with Gasteiger partial charge in [-0.15, -0.1) is 0 Å². The number of benzene rings is 3. The van der Waals surface area contributed by atoms with Crippen LogP contribution in [0.3, 0.4) is 0 Å². The van der Waals surface area contributed by atoms with Gasteiger partial charge >= 0.3 is 6.03 Å². The van der Waals surface area contributed by atoms with Crippen molar-refractivity contribution in [2.24, 2.45) is 0 Å². The van der Waals surface area contributed by atoms with Gasteiger partial charge in [-0.25, -0.2) is 18.6 Å². The van der Waals surface area contributed by atoms with Crippen molar-refractivity contribution in [2.75, 3.05) is 11.9 Å². The highest BCUT2D eigenvalue weighted by Crippen LogP contribution is 2.35. The predicted molar refractivity (Wildman–Crippen MR) is 114 cm³/mol. The molecule has 1 aliphatic heterocycles. The molecule has 1 aliphatic rings. The summed E-state index contributed by atoms with van der Waals surface area (Å²) in [4.78, 5) is 19.0. The molecule has 4 aromatic rings. The second-order valence-corrected chi connectivity index (χ2v) is 7.48. The van der Waals surface area contributed by atoms with E-state index >= 15 is 0 Å². The topological polar surface area (TPSA) is 58.4 Å². The second-order valence-electron chi connectivity index (χ2n) is 7.48. The van der Waals surface area contributed by atoms with Crippen LogP contribution in [0.15, 0.2) is 71.1 Å². The molecule has 7 heteroatoms. The lowest BCUT2D eigenvalue weighted by molar-refractivity contribution is 0.198. The number of carbonyl (C=O) groups excluding carboxylic acids is 1. The van der Waals surface area contributed by atoms with Crippen LogP contribution in [0.1, 0.15) is 24.8 Å². The number of hydrogen-bond donors (Lipinski definition) is 1. The molecule has 1 aromatic heterocycles. The first-order chi connectivity index (χ1) is 15.1. The van der Waals surface area contributed by atoms with E-state index in [0.717, 1.165) is 6.42 Å². The van der Waals surface area contributed by atoms with Crippen molar-refractivity contribution >= 4 is 22.8 Å². The number of aromatic nitrogens is 1. The molecule has 5 nitrogen and oxygen atoms in total. The maximum absolute atomic E-state index is 14.2. The molecule has 0 radical (unpaired) electrons. The Balaban J connectivity index is 1.42. The third-order valence-electron chi connectivity index (χ3n) is 5.50. The van der Waals surface area contributed by atoms with E-state index in [0.29, 0.717) is 41.1 Å². The van der Waals surface area contributed by atoms with E-state index in [-0.39, 0.29) is 17.5 Å². The van der Waals surface area contributed by atoms with E-state index in [1.807, 2.05) is 0 Å². The number of amides is 2. The first-order valence-corrected chi connectivity index (χ1v) is 10.1. The Bertz CT molecular complexity index is 1270. The molecular weight excluding hydrogens is 400 g/mol. The standard InChI is InChI=1S/C24H19F2N3O2/c25-17-7-2-1-6-16(17)15-11-12-22-20(14-15)27-23(31-22)21-10-5-13-29(21)24(30)28-19-9-4-3-8-18(19)26/h1-4,6-9,11-12,14,21H,5,10,13H2,(H,28,30)/t21-/m0/s1. The number of urea groups is 1. The van der Waals surface area contributed by atoms with E-state index in [1.165, 1.54) is 18.2 Å². The Hall–Kier alpha value is -3.74. The maximum atomic E-state index is 14.2. The van der Waals surface area contributed by atoms with Crippen LogP contribution >= 0.6 is 0 Å². The van der Waals surface area contributed by atoms with Crippen LogP contribution in [0.5, 0.6) is 0 Å². The van der Waals surface area contributed by atoms with Crippen LogP contribution in [0.4, 0.5) is 19.3 Å². The van der Waals surface area contributed by atoms with Crippen molar-refractivity contribution in [3.63, 3.8) is 0 Å². The van der Waals surface area contributed by atoms with Crippen molar-refractivity contribution in [1.29, 1.82) is 0 Å². The molecule has 1 saturated heterocycles. The summed E-state index contributed by atoms with van der Waals surface area (Å²) in [7, 11) is 0. The monoisotopic (exact) mass is 419 g/mol. The van der Waals surface area contributed by atoms with Crippen molar-refractivity contribution in [3.05, 3.63) is 84.3 Å². The number of anilines is 1. The summed E-state index contributed by atoms with van der Waals surface area (Å²) in [5.41, 5.74) is 2.48. The lowest BCUT2D eigenvalue weighted by Crippen LogP contribution is -2.34. The maximum Gasteiger partial charge on any atom is 0.322 e. The summed E-state index contributed by atoms with van der Waals surface area (Å²) in [5, 5.41) is 2.62. The van der Waals surface area contributed by atoms with E-state index in [2.05, 4.69) is 10.3 Å². The second kappa shape index (κ2) is 7.83. The lowest BCUT2D eigenvalue weighted by atomic mass is 10.0. The fourth-order valence-corrected chi connectivity index (χ4v) is 3.97. The normalized spacial score (nSPS) is 16.1. The van der Waals surface area contributed by atoms with Gasteiger partial charge in [0, 0.05) is 12.1 Å². The molecule has 0 unspecified atom stereocenters. The molecule has 1 atom stereocenters. The van der Waals surface area contributed by atoms with Gasteiger partial charge in [-0.3, -0.25) is 0 Å². The van der Waals surface area contributed by atoms with Crippen molar-refractivity contribution in [3.8, 4) is 11.1 Å². The summed E-state index contributed by atoms with van der Waals surface area (Å²) in [6.07, 6.45) is 1.48. The fraction of sp³-hybridized carbons (Fsp3) is 0.167. The number of fused-ring (bicyclic) bond motifs is 1. The minimum atomic E-state index is -0.492. The van der Waals surface area contributed by atoms with Gasteiger partial charge in [0.2, 0.25) is 5.89 Å². The Morgan fingerprint density at radius 3 is 2.61 bits per heavy atom. The zero-order valence-corrected chi connectivity index (χ0v) is 16.5. The number of nitrogens with zero attached hydrogens (tertiary/aromatic N) is 2. The molecule has 1 fully saturated rings. The average molecular weight is 419 g/mol. The fourth-order valence-electron chi connectivity index (χ4n) is 3.97. The molecule has 0 saturated carbocycles. The largest absolute Gasteiger partial charge is 0.438 e. The summed E-state index contributed by atoms with van der Waals surface area (Å²) < 4.78 is 34.0. The van der Waals surface area contributed by atoms with Gasteiger partial charge in [0.1, 0.15) is 23.2 Å². The van der Waals surface area contributed by atoms with Gasteiger partial charge in [-0.1, -0.05) is 36.4 Å². The minimum Gasteiger partial charge on any atom is -0.438 e. The SMILES string of the molecule is O=C(Nc1ccccc1F)N1CCC[C@H]1c1nc2cc(-c3ccccc3F)ccc2o1. The molecule has 0 bridgehead atoms. The summed E-state index contributed by atoms with van der Waals surface area (Å²) >= 11 is 0. The van der Waals surface area contributed by atoms with Gasteiger partial charge < -0.3 is 14.6 Å². The van der Waals surface area contributed by atoms with Gasteiger partial charge in [0.25, 0.3) is 0 Å². The number of oxazole rings is 1. The number of rotatable bonds is 3. The van der Waals surface area contributed by atoms with Gasteiger partial charge in [0.05, 0.1) is 5.69 Å². The number of carbonyl (C=O) groups is 1. The number of hydrogen-bond acceptors (Lipinski definition) is 3. The van der Waals surface area contributed by atoms with Gasteiger partial charge in [0.15, 0.2) is 5.58 Å². The van der Waals surface area contributed by atoms with Gasteiger partial charge in [-0.05, 0) is 48.7 Å². The van der Waals surface area contributed by atoms with Crippen LogP contribution < -0.4 is 5.32 Å². The smallest absolute Gasteiger partial charge is 0.322 e. The molecule has 5 rings (SSSR count). The predicted octanol–water partition coefficient (Wildman–Crippen LogP) is 6.14. The molecule has 2 heterocycles. The molecule has 0 spiro atoms. The van der Waals surface area contributed by atoms with Crippen molar-refractivity contribution < 1.29 is 18.0 Å². The van der Waals surface area contributed by atoms with Crippen molar-refractivity contribution in [1.82, 2.24) is 9.88 Å². The van der Waals surface area contributed by atoms with E-state index in [1.54, 1.807) is 53.4 Å². The Kier molecular flexibility index (Phi) is 4.86. The highest BCUT2D eigenvalue weighted by molar-refractivity contribution is 5.90. The van der Waals surface area contributed by atoms with Crippen LogP contribution in [0.25, 0.3) is 22.2 Å². The Labute approximate surface area is 177 Å². The molecule has 156 valence electrons. The molecule has 3 aromatic carbocycles. The van der Waals surface area contributed by atoms with E-state index in [9.17, 15) is 13.6 Å². The van der Waals surface area contributed by atoms with Crippen LogP contribution in [-0.4, -0.2) is 22.5 Å². The quantitative estimate of drug-likeness (QED) is 0.434. The minimum absolute atomic E-state index is 0.130. The molecule has 31 heavy (non-hydrogen) atoms. The van der Waals surface area contributed by atoms with Crippen molar-refractivity contribution in [2.45, 2.75) is 18.9 Å². The zero-order valence-electron chi connectivity index (χ0n) is 16.5. The summed E-state index contributed by atoms with van der Waals surface area (Å²) in [5.74, 6) is -0.381. The molecular formula is C24H19F2N3O2. The number of para-hydroxylation sites is 1. The number of halogens is 2. The first kappa shape index (κ1) is 19.2. The lowest BCUT2D eigenvalue weighted by Gasteiger charge is -2.22. The third-order valence-corrected chi connectivity index (χ3v) is 5.50. The highest BCUT2D eigenvalue weighted by Gasteiger charge is 2.34. The summed E-state index contributed by atoms with van der Waals surface area (Å²) in [6, 6.07) is 17.2. The first-order valence-electron chi connectivity index (χ1n) is 10.1. The molecule has 2 amide bonds. The van der Waals surface area contributed by atoms with E-state index in [4.69, 9.17) is 4.42 Å². The zero-order chi connectivity index (χ0) is 21.4. The van der Waals surface area contributed by atoms with Crippen LogP contribution in [-0.2, 0) is 0 Å². The van der Waals surface area contributed by atoms with Crippen LogP contribution in [0, 0.1) is 11.6 Å². The van der Waals surface area contributed by atoms with Crippen LogP contribution in [0.2, 0.25) is 0 Å². The van der Waals surface area contributed by atoms with Gasteiger partial charge in [-0.2, -0.15) is 0 Å². The Morgan fingerprint density at radius 2 is 1.81 bits per heavy atom. The Morgan fingerprint density at radius 1 is 1.03 bits per heavy atom. The molecule has 1 N–H and O–H groups in total. The molecule has 0 aliphatic carbocycles. The number of likely N-dealkylation sites (tertiary alicyclic amines) is 1. The third kappa shape index (κ3) is 3.63.